The molecule has 1 nitrogen and oxygen atoms in total. The summed E-state index contributed by atoms with van der Waals surface area (Å²) in [5.41, 5.74) is 0. The van der Waals surface area contributed by atoms with Crippen LogP contribution in [0.5, 0.6) is 5.75 Å². The number of rotatable bonds is 2. The average molecular weight is 375 g/mol. The Balaban J connectivity index is 2.10. The molecule has 0 saturated carbocycles. The first-order chi connectivity index (χ1) is 5.34. The second kappa shape index (κ2) is 3.47. The molecule has 0 amide bonds. The molecule has 2 rings (SSSR count). The van der Waals surface area contributed by atoms with E-state index in [0.29, 0.717) is 23.0 Å². The first-order valence-corrected chi connectivity index (χ1v) is 13.8. The van der Waals surface area contributed by atoms with E-state index >= 15 is 0 Å². The Bertz CT molecular complexity index is 258. The van der Waals surface area contributed by atoms with E-state index in [9.17, 15) is 5.11 Å². The normalized spacial score (nSPS) is 18.7. The van der Waals surface area contributed by atoms with E-state index < -0.39 is 0 Å². The Labute approximate surface area is 79.9 Å². The van der Waals surface area contributed by atoms with Crippen molar-refractivity contribution in [2.24, 2.45) is 0 Å². The summed E-state index contributed by atoms with van der Waals surface area (Å²) >= 11 is 0.0384. The van der Waals surface area contributed by atoms with Crippen LogP contribution in [0.15, 0.2) is 24.3 Å². The molecule has 1 N–H and O–H groups in total. The monoisotopic (exact) mass is 375 g/mol. The van der Waals surface area contributed by atoms with Gasteiger partial charge in [0.15, 0.2) is 0 Å². The average Bonchev–Trinajstić information content (AvgIpc) is 2.71. The number of phenolic OH excluding ortho intramolecular Hbond substituents is 1. The quantitative estimate of drug-likeness (QED) is 0.525. The van der Waals surface area contributed by atoms with Crippen molar-refractivity contribution in [1.29, 1.82) is 0 Å². The van der Waals surface area contributed by atoms with Gasteiger partial charge in [-0.25, -0.2) is 0 Å². The second-order valence-corrected chi connectivity index (χ2v) is 18.8. The van der Waals surface area contributed by atoms with Crippen LogP contribution in [0.4, 0.5) is 0 Å². The molecular formula is C8H9I2O-. The second-order valence-electron chi connectivity index (χ2n) is 2.32. The molecule has 0 atom stereocenters. The van der Waals surface area contributed by atoms with Gasteiger partial charge in [0.1, 0.15) is 0 Å². The van der Waals surface area contributed by atoms with Crippen LogP contribution < -0.4 is 17.2 Å². The van der Waals surface area contributed by atoms with E-state index in [-0.39, 0.29) is 15.8 Å². The van der Waals surface area contributed by atoms with Gasteiger partial charge in [0.05, 0.1) is 0 Å². The van der Waals surface area contributed by atoms with Crippen molar-refractivity contribution < 1.29 is 22.3 Å². The van der Waals surface area contributed by atoms with E-state index in [2.05, 4.69) is 6.07 Å². The maximum atomic E-state index is 9.18. The van der Waals surface area contributed by atoms with Gasteiger partial charge in [0.25, 0.3) is 0 Å². The third-order valence-electron chi connectivity index (χ3n) is 1.32. The van der Waals surface area contributed by atoms with Crippen molar-refractivity contribution >= 4 is 15.8 Å². The van der Waals surface area contributed by atoms with Crippen LogP contribution in [0.25, 0.3) is 0 Å². The minimum atomic E-state index is -0.320. The van der Waals surface area contributed by atoms with E-state index in [1.807, 2.05) is 12.1 Å². The summed E-state index contributed by atoms with van der Waals surface area (Å²) in [7, 11) is 0. The summed E-state index contributed by atoms with van der Waals surface area (Å²) in [6.45, 7) is 0. The topological polar surface area (TPSA) is 20.2 Å². The zero-order valence-corrected chi connectivity index (χ0v) is 10.2. The van der Waals surface area contributed by atoms with Gasteiger partial charge in [0.2, 0.25) is 0 Å². The van der Waals surface area contributed by atoms with E-state index in [0.717, 1.165) is 0 Å². The predicted octanol–water partition coefficient (Wildman–Crippen LogP) is -0.914. The number of hydrogen-bond donors (Lipinski definition) is 1. The molecule has 0 bridgehead atoms. The molecule has 1 heterocycles. The van der Waals surface area contributed by atoms with Crippen molar-refractivity contribution in [3.8, 4) is 5.75 Å². The molecule has 0 unspecified atom stereocenters. The molecule has 11 heavy (non-hydrogen) atoms. The van der Waals surface area contributed by atoms with Gasteiger partial charge in [-0.3, -0.25) is 0 Å². The van der Waals surface area contributed by atoms with Crippen LogP contribution in [0.3, 0.4) is 0 Å². The summed E-state index contributed by atoms with van der Waals surface area (Å²) in [4.78, 5) is 0. The Hall–Kier alpha value is 0.480. The molecule has 62 valence electrons. The van der Waals surface area contributed by atoms with Crippen LogP contribution in [-0.4, -0.2) is 14.0 Å². The molecule has 0 spiro atoms. The number of alkyl halides is 2. The van der Waals surface area contributed by atoms with E-state index in [1.54, 1.807) is 14.9 Å². The number of benzene rings is 1. The van der Waals surface area contributed by atoms with Crippen molar-refractivity contribution in [3.63, 3.8) is 0 Å². The number of phenols is 1. The van der Waals surface area contributed by atoms with Crippen molar-refractivity contribution in [2.75, 3.05) is 8.86 Å². The third kappa shape index (κ3) is 2.47. The van der Waals surface area contributed by atoms with Crippen LogP contribution in [0.2, 0.25) is 0 Å². The Morgan fingerprint density at radius 1 is 1.36 bits per heavy atom. The predicted molar refractivity (Wildman–Crippen MR) is 50.6 cm³/mol. The molecular weight excluding hydrogens is 366 g/mol. The maximum absolute atomic E-state index is 9.18. The molecule has 1 fully saturated rings. The summed E-state index contributed by atoms with van der Waals surface area (Å²) in [6, 6.07) is 7.83. The molecule has 1 saturated heterocycles. The van der Waals surface area contributed by atoms with Crippen molar-refractivity contribution in [3.05, 3.63) is 27.8 Å². The summed E-state index contributed by atoms with van der Waals surface area (Å²) in [5, 5.41) is 9.18. The van der Waals surface area contributed by atoms with Crippen molar-refractivity contribution in [2.45, 2.75) is 0 Å². The summed E-state index contributed by atoms with van der Waals surface area (Å²) in [5.74, 6) is 0.444. The first kappa shape index (κ1) is 8.10. The zero-order chi connectivity index (χ0) is 7.68. The van der Waals surface area contributed by atoms with Crippen LogP contribution in [0.1, 0.15) is 0 Å². The molecule has 0 aliphatic carbocycles. The van der Waals surface area contributed by atoms with Gasteiger partial charge in [-0.15, -0.1) is 0 Å². The van der Waals surface area contributed by atoms with Gasteiger partial charge >= 0.3 is 80.6 Å². The van der Waals surface area contributed by atoms with Gasteiger partial charge in [0, 0.05) is 0 Å². The van der Waals surface area contributed by atoms with Gasteiger partial charge in [-0.2, -0.15) is 0 Å². The van der Waals surface area contributed by atoms with Gasteiger partial charge in [-0.1, -0.05) is 0 Å². The summed E-state index contributed by atoms with van der Waals surface area (Å²) in [6.07, 6.45) is 0. The van der Waals surface area contributed by atoms with Gasteiger partial charge < -0.3 is 0 Å². The molecule has 1 aromatic rings. The van der Waals surface area contributed by atoms with E-state index in [1.165, 1.54) is 3.57 Å². The molecule has 1 aliphatic heterocycles. The van der Waals surface area contributed by atoms with E-state index in [4.69, 9.17) is 0 Å². The minimum absolute atomic E-state index is 0.320. The van der Waals surface area contributed by atoms with Crippen LogP contribution in [-0.2, 0) is 0 Å². The van der Waals surface area contributed by atoms with Crippen LogP contribution >= 0.6 is 15.8 Å². The van der Waals surface area contributed by atoms with Gasteiger partial charge in [-0.05, 0) is 0 Å². The molecule has 1 aromatic carbocycles. The fraction of sp³-hybridized carbons (Fsp3) is 0.250. The standard InChI is InChI=1S/C8H9I2O/c11-8-3-1-2-7(6-8)9-10-4-5-10/h1-3,6,11H,4-5H2/q-1. The molecule has 0 aromatic heterocycles. The van der Waals surface area contributed by atoms with Crippen molar-refractivity contribution in [1.82, 2.24) is 0 Å². The Kier molecular flexibility index (Phi) is 2.55. The fourth-order valence-corrected chi connectivity index (χ4v) is 19.6. The molecule has 1 aliphatic rings. The summed E-state index contributed by atoms with van der Waals surface area (Å²) < 4.78 is 4.60. The number of halogens is 2. The van der Waals surface area contributed by atoms with Crippen LogP contribution in [0, 0.1) is 3.57 Å². The molecule has 0 radical (unpaired) electrons. The Morgan fingerprint density at radius 2 is 2.18 bits per heavy atom. The first-order valence-electron chi connectivity index (χ1n) is 3.41. The number of aromatic hydroxyl groups is 1. The Morgan fingerprint density at radius 3 is 2.82 bits per heavy atom. The SMILES string of the molecule is Oc1cccc([I-]I2CC2)c1. The fourth-order valence-electron chi connectivity index (χ4n) is 0.736. The third-order valence-corrected chi connectivity index (χ3v) is 17.4. The zero-order valence-electron chi connectivity index (χ0n) is 5.93. The molecule has 3 heteroatoms. The number of hydrogen-bond acceptors (Lipinski definition) is 1.